The highest BCUT2D eigenvalue weighted by Gasteiger charge is 2.18. The minimum atomic E-state index is -1.39. The Morgan fingerprint density at radius 1 is 1.36 bits per heavy atom. The van der Waals surface area contributed by atoms with E-state index in [1.807, 2.05) is 13.8 Å². The number of esters is 1. The lowest BCUT2D eigenvalue weighted by molar-refractivity contribution is -0.144. The highest BCUT2D eigenvalue weighted by molar-refractivity contribution is 5.82. The molecule has 124 valence electrons. The summed E-state index contributed by atoms with van der Waals surface area (Å²) in [4.78, 5) is 11.7. The smallest absolute Gasteiger partial charge is 0.330 e. The minimum Gasteiger partial charge on any atom is -0.459 e. The van der Waals surface area contributed by atoms with Crippen LogP contribution in [-0.4, -0.2) is 45.7 Å². The third-order valence-corrected chi connectivity index (χ3v) is 3.87. The summed E-state index contributed by atoms with van der Waals surface area (Å²) in [5.41, 5.74) is -0.899. The standard InChI is InChI=1S/C17H26O5/c1-12-5-4-6-14(11-18)15(19)7-9-17(3,21)10-8-16(20)22-13(12)2/h6-10,12-13,15,18-19,21H,4-5,11H2,1-3H3/b9-7-,10-8-,14-6-/t12-,13+,15-,17+/m0/s1. The Balaban J connectivity index is 3.03. The molecule has 0 aliphatic carbocycles. The van der Waals surface area contributed by atoms with Crippen LogP contribution < -0.4 is 0 Å². The van der Waals surface area contributed by atoms with Gasteiger partial charge in [-0.1, -0.05) is 25.2 Å². The van der Waals surface area contributed by atoms with E-state index in [9.17, 15) is 20.1 Å². The first-order valence-electron chi connectivity index (χ1n) is 7.54. The van der Waals surface area contributed by atoms with Crippen molar-refractivity contribution in [2.24, 2.45) is 5.92 Å². The van der Waals surface area contributed by atoms with Crippen molar-refractivity contribution in [2.45, 2.75) is 51.4 Å². The summed E-state index contributed by atoms with van der Waals surface area (Å²) in [7, 11) is 0. The van der Waals surface area contributed by atoms with Crippen molar-refractivity contribution in [3.63, 3.8) is 0 Å². The zero-order valence-corrected chi connectivity index (χ0v) is 13.4. The Morgan fingerprint density at radius 2 is 2.05 bits per heavy atom. The second-order valence-corrected chi connectivity index (χ2v) is 6.00. The third kappa shape index (κ3) is 6.13. The van der Waals surface area contributed by atoms with Gasteiger partial charge in [0.1, 0.15) is 6.10 Å². The summed E-state index contributed by atoms with van der Waals surface area (Å²) in [5, 5.41) is 29.5. The van der Waals surface area contributed by atoms with Crippen LogP contribution in [0.2, 0.25) is 0 Å². The first-order valence-corrected chi connectivity index (χ1v) is 7.54. The lowest BCUT2D eigenvalue weighted by atomic mass is 9.97. The van der Waals surface area contributed by atoms with Crippen molar-refractivity contribution >= 4 is 5.97 Å². The predicted molar refractivity (Wildman–Crippen MR) is 84.0 cm³/mol. The van der Waals surface area contributed by atoms with Gasteiger partial charge in [0.25, 0.3) is 0 Å². The van der Waals surface area contributed by atoms with Gasteiger partial charge in [0, 0.05) is 6.08 Å². The second-order valence-electron chi connectivity index (χ2n) is 6.00. The number of hydrogen-bond donors (Lipinski definition) is 3. The Morgan fingerprint density at radius 3 is 2.68 bits per heavy atom. The van der Waals surface area contributed by atoms with Crippen molar-refractivity contribution in [1.29, 1.82) is 0 Å². The Bertz CT molecular complexity index is 462. The molecule has 0 saturated carbocycles. The molecule has 1 heterocycles. The Hall–Kier alpha value is -1.43. The summed E-state index contributed by atoms with van der Waals surface area (Å²) < 4.78 is 5.29. The minimum absolute atomic E-state index is 0.143. The molecule has 1 aliphatic heterocycles. The molecule has 1 aliphatic rings. The number of ether oxygens (including phenoxy) is 1. The Labute approximate surface area is 131 Å². The average molecular weight is 310 g/mol. The van der Waals surface area contributed by atoms with E-state index in [4.69, 9.17) is 4.74 Å². The lowest BCUT2D eigenvalue weighted by Gasteiger charge is -2.21. The predicted octanol–water partition coefficient (Wildman–Crippen LogP) is 1.49. The topological polar surface area (TPSA) is 87.0 Å². The zero-order valence-electron chi connectivity index (χ0n) is 13.4. The quantitative estimate of drug-likeness (QED) is 0.504. The number of cyclic esters (lactones) is 1. The zero-order chi connectivity index (χ0) is 16.8. The maximum atomic E-state index is 11.7. The molecule has 0 amide bonds. The maximum absolute atomic E-state index is 11.7. The molecule has 0 aromatic carbocycles. The van der Waals surface area contributed by atoms with E-state index >= 15 is 0 Å². The number of aliphatic hydroxyl groups is 3. The fraction of sp³-hybridized carbons (Fsp3) is 0.588. The van der Waals surface area contributed by atoms with Crippen molar-refractivity contribution in [1.82, 2.24) is 0 Å². The first kappa shape index (κ1) is 18.6. The fourth-order valence-electron chi connectivity index (χ4n) is 2.09. The van der Waals surface area contributed by atoms with Crippen LogP contribution in [0, 0.1) is 5.92 Å². The van der Waals surface area contributed by atoms with Gasteiger partial charge in [-0.25, -0.2) is 4.79 Å². The molecular formula is C17H26O5. The van der Waals surface area contributed by atoms with Crippen LogP contribution in [0.4, 0.5) is 0 Å². The van der Waals surface area contributed by atoms with Gasteiger partial charge in [-0.15, -0.1) is 0 Å². The van der Waals surface area contributed by atoms with E-state index in [1.165, 1.54) is 31.2 Å². The lowest BCUT2D eigenvalue weighted by Crippen LogP contribution is -2.23. The fourth-order valence-corrected chi connectivity index (χ4v) is 2.09. The highest BCUT2D eigenvalue weighted by Crippen LogP contribution is 2.18. The maximum Gasteiger partial charge on any atom is 0.330 e. The molecule has 4 atom stereocenters. The molecule has 22 heavy (non-hydrogen) atoms. The SMILES string of the molecule is C[C@H]1CC/C=C(/CO)[C@@H](O)/C=C\[C@@](C)(O)/C=C\C(=O)O[C@@H]1C. The molecule has 5 nitrogen and oxygen atoms in total. The summed E-state index contributed by atoms with van der Waals surface area (Å²) in [5.74, 6) is -0.359. The number of allylic oxidation sites excluding steroid dienone is 1. The van der Waals surface area contributed by atoms with Crippen LogP contribution >= 0.6 is 0 Å². The van der Waals surface area contributed by atoms with E-state index < -0.39 is 17.7 Å². The molecule has 0 spiro atoms. The van der Waals surface area contributed by atoms with Crippen molar-refractivity contribution in [2.75, 3.05) is 6.61 Å². The first-order chi connectivity index (χ1) is 10.2. The number of aliphatic hydroxyl groups excluding tert-OH is 2. The van der Waals surface area contributed by atoms with Gasteiger partial charge in [-0.2, -0.15) is 0 Å². The van der Waals surface area contributed by atoms with Crippen LogP contribution in [0.3, 0.4) is 0 Å². The molecule has 0 fully saturated rings. The van der Waals surface area contributed by atoms with Gasteiger partial charge in [-0.3, -0.25) is 0 Å². The molecule has 3 N–H and O–H groups in total. The van der Waals surface area contributed by atoms with Crippen LogP contribution in [0.1, 0.15) is 33.6 Å². The third-order valence-electron chi connectivity index (χ3n) is 3.87. The van der Waals surface area contributed by atoms with E-state index in [2.05, 4.69) is 0 Å². The molecule has 5 heteroatoms. The number of hydrogen-bond acceptors (Lipinski definition) is 5. The summed E-state index contributed by atoms with van der Waals surface area (Å²) in [6.45, 7) is 5.04. The van der Waals surface area contributed by atoms with Gasteiger partial charge in [-0.05, 0) is 44.3 Å². The molecule has 1 rings (SSSR count). The van der Waals surface area contributed by atoms with E-state index in [0.29, 0.717) is 12.0 Å². The Kier molecular flexibility index (Phi) is 7.00. The van der Waals surface area contributed by atoms with Crippen LogP contribution in [0.25, 0.3) is 0 Å². The van der Waals surface area contributed by atoms with E-state index in [0.717, 1.165) is 6.42 Å². The molecule has 0 bridgehead atoms. The van der Waals surface area contributed by atoms with Gasteiger partial charge in [0.05, 0.1) is 18.3 Å². The molecule has 0 aromatic rings. The molecule has 0 aromatic heterocycles. The van der Waals surface area contributed by atoms with Gasteiger partial charge < -0.3 is 20.1 Å². The summed E-state index contributed by atoms with van der Waals surface area (Å²) >= 11 is 0. The van der Waals surface area contributed by atoms with E-state index in [-0.39, 0.29) is 18.6 Å². The normalized spacial score (nSPS) is 40.0. The highest BCUT2D eigenvalue weighted by atomic mass is 16.5. The molecule has 0 saturated heterocycles. The van der Waals surface area contributed by atoms with Gasteiger partial charge >= 0.3 is 5.97 Å². The van der Waals surface area contributed by atoms with Crippen molar-refractivity contribution in [3.05, 3.63) is 36.0 Å². The number of rotatable bonds is 1. The average Bonchev–Trinajstić information content (AvgIpc) is 2.46. The van der Waals surface area contributed by atoms with Crippen molar-refractivity contribution < 1.29 is 24.9 Å². The number of carbonyl (C=O) groups is 1. The summed E-state index contributed by atoms with van der Waals surface area (Å²) in [6.07, 6.45) is 7.28. The van der Waals surface area contributed by atoms with Crippen LogP contribution in [0.5, 0.6) is 0 Å². The second kappa shape index (κ2) is 8.27. The van der Waals surface area contributed by atoms with Crippen LogP contribution in [0.15, 0.2) is 36.0 Å². The summed E-state index contributed by atoms with van der Waals surface area (Å²) in [6, 6.07) is 0. The van der Waals surface area contributed by atoms with Gasteiger partial charge in [0.2, 0.25) is 0 Å². The molecule has 0 unspecified atom stereocenters. The van der Waals surface area contributed by atoms with Crippen molar-refractivity contribution in [3.8, 4) is 0 Å². The largest absolute Gasteiger partial charge is 0.459 e. The van der Waals surface area contributed by atoms with E-state index in [1.54, 1.807) is 6.08 Å². The molecular weight excluding hydrogens is 284 g/mol. The monoisotopic (exact) mass is 310 g/mol. The number of carbonyl (C=O) groups excluding carboxylic acids is 1. The molecule has 0 radical (unpaired) electrons. The van der Waals surface area contributed by atoms with Gasteiger partial charge in [0.15, 0.2) is 0 Å². The van der Waals surface area contributed by atoms with Crippen LogP contribution in [-0.2, 0) is 9.53 Å².